The van der Waals surface area contributed by atoms with E-state index in [1.165, 1.54) is 0 Å². The Labute approximate surface area is 703 Å². The van der Waals surface area contributed by atoms with Crippen LogP contribution in [0.5, 0.6) is 0 Å². The molecule has 1 aliphatic carbocycles. The number of hydrogen-bond acceptors (Lipinski definition) is 10. The number of aliphatic hydroxyl groups is 2. The quantitative estimate of drug-likeness (QED) is 0.0253. The highest BCUT2D eigenvalue weighted by Crippen LogP contribution is 2.47. The molecule has 0 spiro atoms. The Morgan fingerprint density at radius 2 is 0.525 bits per heavy atom. The van der Waals surface area contributed by atoms with E-state index in [1.807, 2.05) is 36.4 Å². The van der Waals surface area contributed by atoms with Crippen LogP contribution in [0, 0.1) is 0 Å². The first-order valence-electron chi connectivity index (χ1n) is 41.9. The van der Waals surface area contributed by atoms with Gasteiger partial charge in [-0.3, -0.25) is 21.3 Å². The highest BCUT2D eigenvalue weighted by Gasteiger charge is 2.57. The van der Waals surface area contributed by atoms with Crippen LogP contribution in [0.15, 0.2) is 449 Å². The van der Waals surface area contributed by atoms with E-state index in [-0.39, 0.29) is 26.2 Å². The fourth-order valence-electron chi connectivity index (χ4n) is 19.2. The van der Waals surface area contributed by atoms with Gasteiger partial charge in [0, 0.05) is 18.6 Å². The molecule has 120 heavy (non-hydrogen) atoms. The fourth-order valence-corrected chi connectivity index (χ4v) is 19.2. The molecule has 18 rings (SSSR count). The second-order valence-electron chi connectivity index (χ2n) is 31.6. The molecule has 0 radical (unpaired) electrons. The van der Waals surface area contributed by atoms with Gasteiger partial charge >= 0.3 is 0 Å². The first-order chi connectivity index (χ1) is 59.3. The summed E-state index contributed by atoms with van der Waals surface area (Å²) in [4.78, 5) is 0. The average molecular weight is 1570 g/mol. The van der Waals surface area contributed by atoms with Crippen molar-refractivity contribution in [2.75, 3.05) is 6.54 Å². The van der Waals surface area contributed by atoms with E-state index in [1.54, 1.807) is 0 Å². The lowest BCUT2D eigenvalue weighted by Gasteiger charge is -2.54. The molecule has 16 aromatic rings. The summed E-state index contributed by atoms with van der Waals surface area (Å²) in [5.41, 5.74) is 8.97. The molecule has 0 amide bonds. The first kappa shape index (κ1) is 78.8. The predicted molar refractivity (Wildman–Crippen MR) is 481 cm³/mol. The van der Waals surface area contributed by atoms with Crippen LogP contribution in [0.25, 0.3) is 21.5 Å². The van der Waals surface area contributed by atoms with Gasteiger partial charge in [0.25, 0.3) is 0 Å². The smallest absolute Gasteiger partial charge is 0.176 e. The maximum Gasteiger partial charge on any atom is 0.176 e. The van der Waals surface area contributed by atoms with Gasteiger partial charge in [0.2, 0.25) is 0 Å². The van der Waals surface area contributed by atoms with Crippen molar-refractivity contribution >= 4 is 21.5 Å². The largest absolute Gasteiger partial charge is 0.388 e. The fraction of sp³-hybridized carbons (Fsp3) is 0.164. The molecule has 1 aliphatic heterocycles. The van der Waals surface area contributed by atoms with Crippen molar-refractivity contribution in [3.8, 4) is 0 Å². The Kier molecular flexibility index (Phi) is 23.7. The molecule has 10 unspecified atom stereocenters. The SMILES string of the molecule is OC1C(OCc2cccc3ccccc23)C(NC(c2ccccc2)(c2ccccc2)c2ccccc2)CC(NC(c2ccccc2)(c2ccccc2)c2ccccc2)C1OC1OC(CNC(c2ccccc2)(c2ccccc2)c2ccccc2)C(O)C(OCc2cccc3ccccc23)C1NC(c1ccccc1)(c1ccccc1)c1ccccc1. The number of benzene rings is 16. The second kappa shape index (κ2) is 36.1. The van der Waals surface area contributed by atoms with Crippen molar-refractivity contribution in [1.82, 2.24) is 21.3 Å². The third-order valence-corrected chi connectivity index (χ3v) is 24.8. The third kappa shape index (κ3) is 15.6. The molecular formula is C110H98N4O6. The van der Waals surface area contributed by atoms with Gasteiger partial charge in [-0.25, -0.2) is 0 Å². The summed E-state index contributed by atoms with van der Waals surface area (Å²) in [5, 5.41) is 51.6. The van der Waals surface area contributed by atoms with Crippen molar-refractivity contribution < 1.29 is 29.2 Å². The number of ether oxygens (including phenoxy) is 4. The van der Waals surface area contributed by atoms with Crippen LogP contribution in [-0.4, -0.2) is 77.8 Å². The minimum Gasteiger partial charge on any atom is -0.388 e. The molecular weight excluding hydrogens is 1470 g/mol. The zero-order valence-electron chi connectivity index (χ0n) is 66.9. The second-order valence-corrected chi connectivity index (χ2v) is 31.6. The van der Waals surface area contributed by atoms with Crippen molar-refractivity contribution in [3.63, 3.8) is 0 Å². The van der Waals surface area contributed by atoms with Gasteiger partial charge in [0.15, 0.2) is 6.29 Å². The zero-order valence-corrected chi connectivity index (χ0v) is 66.9. The highest BCUT2D eigenvalue weighted by atomic mass is 16.7. The number of hydrogen-bond donors (Lipinski definition) is 6. The maximum atomic E-state index is 15.3. The van der Waals surface area contributed by atoms with Gasteiger partial charge in [0.1, 0.15) is 36.6 Å². The average Bonchev–Trinajstić information content (AvgIpc) is 1.06. The summed E-state index contributed by atoms with van der Waals surface area (Å²) < 4.78 is 32.3. The summed E-state index contributed by atoms with van der Waals surface area (Å²) in [5.74, 6) is 0. The van der Waals surface area contributed by atoms with Crippen molar-refractivity contribution in [2.24, 2.45) is 0 Å². The van der Waals surface area contributed by atoms with Crippen LogP contribution < -0.4 is 21.3 Å². The van der Waals surface area contributed by atoms with Gasteiger partial charge in [-0.15, -0.1) is 0 Å². The molecule has 1 heterocycles. The van der Waals surface area contributed by atoms with Crippen LogP contribution in [-0.2, 0) is 54.3 Å². The van der Waals surface area contributed by atoms with E-state index >= 15 is 5.11 Å². The molecule has 2 fully saturated rings. The van der Waals surface area contributed by atoms with Gasteiger partial charge in [-0.05, 0) is 106 Å². The lowest BCUT2D eigenvalue weighted by molar-refractivity contribution is -0.304. The molecule has 0 bridgehead atoms. The van der Waals surface area contributed by atoms with Gasteiger partial charge in [0.05, 0.1) is 41.4 Å². The van der Waals surface area contributed by atoms with Gasteiger partial charge in [-0.1, -0.05) is 449 Å². The van der Waals surface area contributed by atoms with Crippen LogP contribution in [0.2, 0.25) is 0 Å². The standard InChI is InChI=1S/C110H98N4O6/c115-101-99(76-111-107(83-49-13-1-14-50-83,84-51-15-2-16-52-84)85-53-17-3-18-54-85)119-106(100(105(101)118-78-82-48-42-46-80-44-38-40-74-96(80)82)114-110(92-67-31-10-32-68-92,93-69-33-11-34-70-93)94-71-35-12-36-72-94)120-104-98(113-109(89-61-25-7-26-62-89,90-63-27-8-28-64-90)91-65-29-9-30-66-91)75-97(103(102(104)116)117-77-81-47-41-45-79-43-37-39-73-95(79)81)112-108(86-55-19-4-20-56-86,87-57-21-5-22-58-87)88-59-23-6-24-60-88/h1-74,97-106,111-116H,75-78H2. The predicted octanol–water partition coefficient (Wildman–Crippen LogP) is 20.1. The van der Waals surface area contributed by atoms with Crippen LogP contribution in [0.4, 0.5) is 0 Å². The van der Waals surface area contributed by atoms with Crippen molar-refractivity contribution in [2.45, 2.75) is 103 Å². The topological polar surface area (TPSA) is 126 Å². The number of rotatable bonds is 29. The Bertz CT molecular complexity index is 5520. The molecule has 0 aromatic heterocycles. The van der Waals surface area contributed by atoms with Crippen molar-refractivity contribution in [3.05, 3.63) is 527 Å². The van der Waals surface area contributed by atoms with E-state index in [9.17, 15) is 5.11 Å². The molecule has 10 nitrogen and oxygen atoms in total. The lowest BCUT2D eigenvalue weighted by atomic mass is 9.72. The van der Waals surface area contributed by atoms with Crippen molar-refractivity contribution in [1.29, 1.82) is 0 Å². The Hall–Kier alpha value is -12.4. The Morgan fingerprint density at radius 1 is 0.267 bits per heavy atom. The summed E-state index contributed by atoms with van der Waals surface area (Å²) in [7, 11) is 0. The highest BCUT2D eigenvalue weighted by molar-refractivity contribution is 5.86. The maximum absolute atomic E-state index is 15.3. The number of fused-ring (bicyclic) bond motifs is 2. The van der Waals surface area contributed by atoms with E-state index < -0.39 is 83.2 Å². The Morgan fingerprint density at radius 3 is 0.842 bits per heavy atom. The van der Waals surface area contributed by atoms with Crippen LogP contribution >= 0.6 is 0 Å². The summed E-state index contributed by atoms with van der Waals surface area (Å²) in [6.07, 6.45) is -8.51. The minimum atomic E-state index is -1.49. The Balaban J connectivity index is 0.883. The van der Waals surface area contributed by atoms with Crippen LogP contribution in [0.1, 0.15) is 84.3 Å². The molecule has 10 heteroatoms. The number of aliphatic hydroxyl groups excluding tert-OH is 2. The summed E-state index contributed by atoms with van der Waals surface area (Å²) in [6.45, 7) is 0.258. The molecule has 594 valence electrons. The monoisotopic (exact) mass is 1570 g/mol. The molecule has 1 saturated heterocycles. The molecule has 10 atom stereocenters. The summed E-state index contributed by atoms with van der Waals surface area (Å²) in [6, 6.07) is 154. The van der Waals surface area contributed by atoms with E-state index in [0.717, 1.165) is 99.4 Å². The number of nitrogens with one attached hydrogen (secondary N) is 4. The van der Waals surface area contributed by atoms with Crippen LogP contribution in [0.3, 0.4) is 0 Å². The zero-order chi connectivity index (χ0) is 81.0. The molecule has 1 saturated carbocycles. The lowest BCUT2D eigenvalue weighted by Crippen LogP contribution is -2.72. The molecule has 2 aliphatic rings. The van der Waals surface area contributed by atoms with E-state index in [4.69, 9.17) is 18.9 Å². The normalized spacial score (nSPS) is 19.7. The van der Waals surface area contributed by atoms with Gasteiger partial charge in [-0.2, -0.15) is 0 Å². The van der Waals surface area contributed by atoms with E-state index in [2.05, 4.69) is 434 Å². The first-order valence-corrected chi connectivity index (χ1v) is 41.9. The minimum absolute atomic E-state index is 0.0547. The van der Waals surface area contributed by atoms with Gasteiger partial charge < -0.3 is 29.2 Å². The molecule has 6 N–H and O–H groups in total. The molecule has 16 aromatic carbocycles. The third-order valence-electron chi connectivity index (χ3n) is 24.8. The van der Waals surface area contributed by atoms with E-state index in [0.29, 0.717) is 0 Å². The summed E-state index contributed by atoms with van der Waals surface area (Å²) >= 11 is 0.